The van der Waals surface area contributed by atoms with Gasteiger partial charge >= 0.3 is 0 Å². The lowest BCUT2D eigenvalue weighted by Crippen LogP contribution is -2.13. The van der Waals surface area contributed by atoms with Gasteiger partial charge in [-0.25, -0.2) is 0 Å². The highest BCUT2D eigenvalue weighted by Crippen LogP contribution is 2.09. The molecule has 1 aromatic heterocycles. The van der Waals surface area contributed by atoms with Crippen LogP contribution in [0.3, 0.4) is 0 Å². The zero-order valence-electron chi connectivity index (χ0n) is 9.14. The summed E-state index contributed by atoms with van der Waals surface area (Å²) in [5, 5.41) is 10.4. The summed E-state index contributed by atoms with van der Waals surface area (Å²) in [6.45, 7) is 1.81. The third-order valence-corrected chi connectivity index (χ3v) is 2.35. The fourth-order valence-electron chi connectivity index (χ4n) is 1.33. The highest BCUT2D eigenvalue weighted by Gasteiger charge is 2.14. The molecule has 0 spiro atoms. The highest BCUT2D eigenvalue weighted by molar-refractivity contribution is 6.03. The summed E-state index contributed by atoms with van der Waals surface area (Å²) in [5.41, 5.74) is 1.84. The van der Waals surface area contributed by atoms with E-state index in [1.54, 1.807) is 18.7 Å². The second kappa shape index (κ2) is 4.14. The molecule has 16 heavy (non-hydrogen) atoms. The lowest BCUT2D eigenvalue weighted by Gasteiger charge is -2.02. The third kappa shape index (κ3) is 1.93. The smallest absolute Gasteiger partial charge is 0.278 e. The fourth-order valence-corrected chi connectivity index (χ4v) is 1.33. The number of hydrogen-bond donors (Lipinski definition) is 1. The molecule has 0 unspecified atom stereocenters. The van der Waals surface area contributed by atoms with Gasteiger partial charge in [0.05, 0.1) is 5.69 Å². The van der Waals surface area contributed by atoms with Crippen LogP contribution in [0.1, 0.15) is 16.2 Å². The van der Waals surface area contributed by atoms with E-state index in [9.17, 15) is 4.79 Å². The van der Waals surface area contributed by atoms with Crippen molar-refractivity contribution in [2.45, 2.75) is 6.92 Å². The van der Waals surface area contributed by atoms with Crippen molar-refractivity contribution >= 4 is 11.6 Å². The van der Waals surface area contributed by atoms with Gasteiger partial charge < -0.3 is 5.32 Å². The summed E-state index contributed by atoms with van der Waals surface area (Å²) < 4.78 is 1.57. The van der Waals surface area contributed by atoms with Crippen molar-refractivity contribution < 1.29 is 4.79 Å². The van der Waals surface area contributed by atoms with E-state index in [4.69, 9.17) is 0 Å². The number of aromatic nitrogens is 3. The lowest BCUT2D eigenvalue weighted by atomic mass is 10.3. The molecule has 0 bridgehead atoms. The van der Waals surface area contributed by atoms with Crippen LogP contribution in [0, 0.1) is 6.92 Å². The van der Waals surface area contributed by atoms with E-state index in [0.717, 1.165) is 11.4 Å². The lowest BCUT2D eigenvalue weighted by molar-refractivity contribution is 0.102. The van der Waals surface area contributed by atoms with E-state index in [1.807, 2.05) is 30.3 Å². The minimum absolute atomic E-state index is 0.239. The number of rotatable bonds is 2. The highest BCUT2D eigenvalue weighted by atomic mass is 16.2. The molecule has 1 N–H and O–H groups in total. The minimum Gasteiger partial charge on any atom is -0.321 e. The van der Waals surface area contributed by atoms with Crippen LogP contribution < -0.4 is 5.32 Å². The van der Waals surface area contributed by atoms with Gasteiger partial charge in [0.25, 0.3) is 5.91 Å². The Hall–Kier alpha value is -2.17. The Morgan fingerprint density at radius 2 is 2.00 bits per heavy atom. The van der Waals surface area contributed by atoms with Crippen molar-refractivity contribution in [1.29, 1.82) is 0 Å². The SMILES string of the molecule is Cc1c(C(=O)Nc2ccccc2)nnn1C. The summed E-state index contributed by atoms with van der Waals surface area (Å²) in [6, 6.07) is 9.26. The van der Waals surface area contributed by atoms with Crippen LogP contribution >= 0.6 is 0 Å². The fraction of sp³-hybridized carbons (Fsp3) is 0.182. The molecule has 5 nitrogen and oxygen atoms in total. The van der Waals surface area contributed by atoms with Gasteiger partial charge in [-0.15, -0.1) is 5.10 Å². The van der Waals surface area contributed by atoms with Gasteiger partial charge in [0.15, 0.2) is 5.69 Å². The number of carbonyl (C=O) groups excluding carboxylic acids is 1. The molecule has 1 heterocycles. The van der Waals surface area contributed by atoms with Crippen molar-refractivity contribution in [2.24, 2.45) is 7.05 Å². The first-order valence-corrected chi connectivity index (χ1v) is 4.91. The summed E-state index contributed by atoms with van der Waals surface area (Å²) in [6.07, 6.45) is 0. The summed E-state index contributed by atoms with van der Waals surface area (Å²) in [4.78, 5) is 11.8. The van der Waals surface area contributed by atoms with Crippen LogP contribution in [0.25, 0.3) is 0 Å². The van der Waals surface area contributed by atoms with Gasteiger partial charge in [0.1, 0.15) is 0 Å². The summed E-state index contributed by atoms with van der Waals surface area (Å²) in [7, 11) is 1.75. The Labute approximate surface area is 93.1 Å². The zero-order valence-corrected chi connectivity index (χ0v) is 9.14. The van der Waals surface area contributed by atoms with E-state index in [1.165, 1.54) is 0 Å². The second-order valence-electron chi connectivity index (χ2n) is 3.47. The first-order chi connectivity index (χ1) is 7.68. The van der Waals surface area contributed by atoms with E-state index in [-0.39, 0.29) is 5.91 Å². The Morgan fingerprint density at radius 3 is 2.56 bits per heavy atom. The quantitative estimate of drug-likeness (QED) is 0.824. The second-order valence-corrected chi connectivity index (χ2v) is 3.47. The van der Waals surface area contributed by atoms with E-state index < -0.39 is 0 Å². The average molecular weight is 216 g/mol. The Bertz CT molecular complexity index is 504. The Morgan fingerprint density at radius 1 is 1.31 bits per heavy atom. The molecular formula is C11H12N4O. The number of aryl methyl sites for hydroxylation is 1. The zero-order chi connectivity index (χ0) is 11.5. The number of hydrogen-bond acceptors (Lipinski definition) is 3. The number of benzene rings is 1. The van der Waals surface area contributed by atoms with Crippen molar-refractivity contribution in [3.05, 3.63) is 41.7 Å². The number of nitrogens with one attached hydrogen (secondary N) is 1. The molecule has 1 amide bonds. The number of anilines is 1. The molecule has 0 saturated heterocycles. The van der Waals surface area contributed by atoms with Crippen molar-refractivity contribution in [1.82, 2.24) is 15.0 Å². The van der Waals surface area contributed by atoms with Gasteiger partial charge in [-0.3, -0.25) is 9.48 Å². The first kappa shape index (κ1) is 10.4. The van der Waals surface area contributed by atoms with E-state index in [0.29, 0.717) is 5.69 Å². The standard InChI is InChI=1S/C11H12N4O/c1-8-10(13-14-15(8)2)11(16)12-9-6-4-3-5-7-9/h3-7H,1-2H3,(H,12,16). The maximum atomic E-state index is 11.8. The summed E-state index contributed by atoms with van der Waals surface area (Å²) >= 11 is 0. The molecule has 0 atom stereocenters. The molecular weight excluding hydrogens is 204 g/mol. The summed E-state index contributed by atoms with van der Waals surface area (Å²) in [5.74, 6) is -0.239. The van der Waals surface area contributed by atoms with Crippen LogP contribution in [-0.2, 0) is 7.05 Å². The molecule has 0 saturated carbocycles. The van der Waals surface area contributed by atoms with Crippen LogP contribution in [0.4, 0.5) is 5.69 Å². The molecule has 1 aromatic carbocycles. The van der Waals surface area contributed by atoms with Crippen LogP contribution in [-0.4, -0.2) is 20.9 Å². The third-order valence-electron chi connectivity index (χ3n) is 2.35. The molecule has 5 heteroatoms. The molecule has 0 radical (unpaired) electrons. The predicted octanol–water partition coefficient (Wildman–Crippen LogP) is 1.38. The van der Waals surface area contributed by atoms with Crippen LogP contribution in [0.15, 0.2) is 30.3 Å². The monoisotopic (exact) mass is 216 g/mol. The average Bonchev–Trinajstić information content (AvgIpc) is 2.61. The Balaban J connectivity index is 2.18. The van der Waals surface area contributed by atoms with Crippen LogP contribution in [0.2, 0.25) is 0 Å². The normalized spacial score (nSPS) is 10.1. The minimum atomic E-state index is -0.239. The molecule has 0 aliphatic heterocycles. The number of amides is 1. The number of nitrogens with zero attached hydrogens (tertiary/aromatic N) is 3. The van der Waals surface area contributed by atoms with Crippen molar-refractivity contribution in [2.75, 3.05) is 5.32 Å². The molecule has 82 valence electrons. The van der Waals surface area contributed by atoms with E-state index >= 15 is 0 Å². The van der Waals surface area contributed by atoms with Crippen molar-refractivity contribution in [3.63, 3.8) is 0 Å². The predicted molar refractivity (Wildman–Crippen MR) is 60.1 cm³/mol. The number of carbonyl (C=O) groups is 1. The van der Waals surface area contributed by atoms with Crippen molar-refractivity contribution in [3.8, 4) is 0 Å². The number of para-hydroxylation sites is 1. The molecule has 0 aliphatic carbocycles. The maximum absolute atomic E-state index is 11.8. The van der Waals surface area contributed by atoms with Crippen LogP contribution in [0.5, 0.6) is 0 Å². The van der Waals surface area contributed by atoms with Gasteiger partial charge in [-0.1, -0.05) is 23.4 Å². The molecule has 0 aliphatic rings. The molecule has 2 rings (SSSR count). The molecule has 2 aromatic rings. The van der Waals surface area contributed by atoms with Gasteiger partial charge in [-0.05, 0) is 19.1 Å². The van der Waals surface area contributed by atoms with E-state index in [2.05, 4.69) is 15.6 Å². The largest absolute Gasteiger partial charge is 0.321 e. The first-order valence-electron chi connectivity index (χ1n) is 4.91. The Kier molecular flexibility index (Phi) is 2.68. The van der Waals surface area contributed by atoms with Gasteiger partial charge in [0, 0.05) is 12.7 Å². The maximum Gasteiger partial charge on any atom is 0.278 e. The molecule has 0 fully saturated rings. The topological polar surface area (TPSA) is 59.8 Å². The van der Waals surface area contributed by atoms with Gasteiger partial charge in [0.2, 0.25) is 0 Å². The van der Waals surface area contributed by atoms with Gasteiger partial charge in [-0.2, -0.15) is 0 Å².